The van der Waals surface area contributed by atoms with Gasteiger partial charge in [0.25, 0.3) is 0 Å². The van der Waals surface area contributed by atoms with Crippen LogP contribution in [0.4, 0.5) is 4.79 Å². The Labute approximate surface area is 281 Å². The topological polar surface area (TPSA) is 119 Å². The predicted octanol–water partition coefficient (Wildman–Crippen LogP) is 5.08. The minimum atomic E-state index is -1.06. The predicted molar refractivity (Wildman–Crippen MR) is 183 cm³/mol. The van der Waals surface area contributed by atoms with Crippen molar-refractivity contribution in [1.29, 1.82) is 0 Å². The number of nitrogens with zero attached hydrogens (tertiary/aromatic N) is 2. The van der Waals surface area contributed by atoms with Crippen LogP contribution in [0.3, 0.4) is 0 Å². The van der Waals surface area contributed by atoms with Crippen LogP contribution in [0.1, 0.15) is 50.4 Å². The van der Waals surface area contributed by atoms with Gasteiger partial charge in [-0.2, -0.15) is 0 Å². The SMILES string of the molecule is Cn1c(C[C@H](NC(=O)OC(C)(C)C)C(=O)N[C@@H](Cc2ccccc2)C(=O)N2CCC[C@@H]2C(=O)OCc2ccccc2)cc2ccccc21. The summed E-state index contributed by atoms with van der Waals surface area (Å²) >= 11 is 0. The molecule has 0 saturated carbocycles. The lowest BCUT2D eigenvalue weighted by Crippen LogP contribution is -2.57. The Morgan fingerprint density at radius 1 is 0.833 bits per heavy atom. The monoisotopic (exact) mass is 652 g/mol. The molecule has 2 N–H and O–H groups in total. The van der Waals surface area contributed by atoms with Crippen LogP contribution in [0.5, 0.6) is 0 Å². The summed E-state index contributed by atoms with van der Waals surface area (Å²) in [5.74, 6) is -1.40. The molecule has 2 heterocycles. The smallest absolute Gasteiger partial charge is 0.408 e. The van der Waals surface area contributed by atoms with Crippen molar-refractivity contribution in [3.05, 3.63) is 108 Å². The van der Waals surface area contributed by atoms with E-state index >= 15 is 0 Å². The molecule has 48 heavy (non-hydrogen) atoms. The number of para-hydroxylation sites is 1. The number of hydrogen-bond donors (Lipinski definition) is 2. The zero-order chi connectivity index (χ0) is 34.3. The summed E-state index contributed by atoms with van der Waals surface area (Å²) in [7, 11) is 1.91. The lowest BCUT2D eigenvalue weighted by Gasteiger charge is -2.30. The summed E-state index contributed by atoms with van der Waals surface area (Å²) in [6.45, 7) is 5.71. The molecule has 3 amide bonds. The average Bonchev–Trinajstić information content (AvgIpc) is 3.68. The van der Waals surface area contributed by atoms with Gasteiger partial charge in [-0.1, -0.05) is 78.9 Å². The van der Waals surface area contributed by atoms with Crippen LogP contribution in [0.2, 0.25) is 0 Å². The highest BCUT2D eigenvalue weighted by molar-refractivity contribution is 5.94. The number of rotatable bonds is 11. The van der Waals surface area contributed by atoms with Crippen molar-refractivity contribution in [2.75, 3.05) is 6.54 Å². The summed E-state index contributed by atoms with van der Waals surface area (Å²) in [5.41, 5.74) is 2.71. The van der Waals surface area contributed by atoms with Crippen LogP contribution in [0.15, 0.2) is 91.0 Å². The van der Waals surface area contributed by atoms with Gasteiger partial charge in [-0.15, -0.1) is 0 Å². The van der Waals surface area contributed by atoms with Crippen LogP contribution < -0.4 is 10.6 Å². The highest BCUT2D eigenvalue weighted by Gasteiger charge is 2.39. The maximum Gasteiger partial charge on any atom is 0.408 e. The number of likely N-dealkylation sites (tertiary alicyclic amines) is 1. The zero-order valence-corrected chi connectivity index (χ0v) is 28.0. The summed E-state index contributed by atoms with van der Waals surface area (Å²) in [4.78, 5) is 56.1. The second kappa shape index (κ2) is 15.2. The molecule has 0 bridgehead atoms. The Balaban J connectivity index is 1.38. The molecule has 252 valence electrons. The van der Waals surface area contributed by atoms with Crippen LogP contribution in [-0.2, 0) is 50.4 Å². The van der Waals surface area contributed by atoms with Gasteiger partial charge in [-0.05, 0) is 62.3 Å². The van der Waals surface area contributed by atoms with E-state index in [1.807, 2.05) is 103 Å². The van der Waals surface area contributed by atoms with Gasteiger partial charge in [0.1, 0.15) is 30.3 Å². The molecule has 0 radical (unpaired) electrons. The van der Waals surface area contributed by atoms with E-state index in [4.69, 9.17) is 9.47 Å². The number of amides is 3. The van der Waals surface area contributed by atoms with E-state index < -0.39 is 41.7 Å². The number of carbonyl (C=O) groups excluding carboxylic acids is 4. The minimum absolute atomic E-state index is 0.106. The normalized spacial score (nSPS) is 15.8. The van der Waals surface area contributed by atoms with Gasteiger partial charge in [-0.3, -0.25) is 9.59 Å². The largest absolute Gasteiger partial charge is 0.459 e. The number of benzene rings is 3. The van der Waals surface area contributed by atoms with Gasteiger partial charge in [0.2, 0.25) is 11.8 Å². The lowest BCUT2D eigenvalue weighted by molar-refractivity contribution is -0.155. The molecule has 10 heteroatoms. The molecule has 5 rings (SSSR count). The van der Waals surface area contributed by atoms with Gasteiger partial charge < -0.3 is 29.6 Å². The number of alkyl carbamates (subject to hydrolysis) is 1. The third kappa shape index (κ3) is 8.82. The Kier molecular flexibility index (Phi) is 10.8. The average molecular weight is 653 g/mol. The molecule has 3 atom stereocenters. The highest BCUT2D eigenvalue weighted by atomic mass is 16.6. The molecular formula is C38H44N4O6. The third-order valence-electron chi connectivity index (χ3n) is 8.40. The standard InChI is InChI=1S/C38H44N4O6/c1-38(2,3)48-37(46)40-30(24-29-23-28-18-11-12-19-32(28)41(29)4)34(43)39-31(22-26-14-7-5-8-15-26)35(44)42-21-13-20-33(42)36(45)47-25-27-16-9-6-10-17-27/h5-12,14-19,23,30-31,33H,13,20-22,24-25H2,1-4H3,(H,39,43)(H,40,46)/t30-,31-,33+/m0/s1. The molecular weight excluding hydrogens is 608 g/mol. The fourth-order valence-electron chi connectivity index (χ4n) is 6.03. The highest BCUT2D eigenvalue weighted by Crippen LogP contribution is 2.23. The first kappa shape index (κ1) is 34.2. The molecule has 1 saturated heterocycles. The van der Waals surface area contributed by atoms with E-state index in [0.717, 1.165) is 27.7 Å². The molecule has 1 fully saturated rings. The second-order valence-electron chi connectivity index (χ2n) is 13.2. The fraction of sp³-hybridized carbons (Fsp3) is 0.368. The zero-order valence-electron chi connectivity index (χ0n) is 28.0. The molecule has 1 aliphatic heterocycles. The lowest BCUT2D eigenvalue weighted by atomic mass is 10.0. The first-order chi connectivity index (χ1) is 23.0. The Morgan fingerprint density at radius 2 is 1.48 bits per heavy atom. The maximum absolute atomic E-state index is 14.2. The number of ether oxygens (including phenoxy) is 2. The molecule has 4 aromatic rings. The maximum atomic E-state index is 14.2. The van der Waals surface area contributed by atoms with Crippen molar-refractivity contribution < 1.29 is 28.7 Å². The molecule has 0 aliphatic carbocycles. The van der Waals surface area contributed by atoms with Crippen molar-refractivity contribution in [3.63, 3.8) is 0 Å². The molecule has 0 spiro atoms. The van der Waals surface area contributed by atoms with Gasteiger partial charge >= 0.3 is 12.1 Å². The number of nitrogens with one attached hydrogen (secondary N) is 2. The van der Waals surface area contributed by atoms with Crippen molar-refractivity contribution in [1.82, 2.24) is 20.1 Å². The van der Waals surface area contributed by atoms with E-state index in [1.54, 1.807) is 20.8 Å². The molecule has 0 unspecified atom stereocenters. The van der Waals surface area contributed by atoms with Crippen molar-refractivity contribution >= 4 is 34.8 Å². The first-order valence-corrected chi connectivity index (χ1v) is 16.4. The fourth-order valence-corrected chi connectivity index (χ4v) is 6.03. The Hall–Kier alpha value is -5.12. The van der Waals surface area contributed by atoms with Gasteiger partial charge in [0.15, 0.2) is 0 Å². The van der Waals surface area contributed by atoms with Crippen LogP contribution in [0.25, 0.3) is 10.9 Å². The van der Waals surface area contributed by atoms with Gasteiger partial charge in [0, 0.05) is 37.6 Å². The quantitative estimate of drug-likeness (QED) is 0.218. The first-order valence-electron chi connectivity index (χ1n) is 16.4. The van der Waals surface area contributed by atoms with E-state index in [-0.39, 0.29) is 25.4 Å². The number of esters is 1. The minimum Gasteiger partial charge on any atom is -0.459 e. The van der Waals surface area contributed by atoms with E-state index in [2.05, 4.69) is 10.6 Å². The van der Waals surface area contributed by atoms with Crippen LogP contribution >= 0.6 is 0 Å². The van der Waals surface area contributed by atoms with E-state index in [0.29, 0.717) is 19.4 Å². The summed E-state index contributed by atoms with van der Waals surface area (Å²) < 4.78 is 13.1. The summed E-state index contributed by atoms with van der Waals surface area (Å²) in [5, 5.41) is 6.69. The Bertz CT molecular complexity index is 1730. The Morgan fingerprint density at radius 3 is 2.15 bits per heavy atom. The second-order valence-corrected chi connectivity index (χ2v) is 13.2. The van der Waals surface area contributed by atoms with Crippen molar-refractivity contribution in [2.24, 2.45) is 7.05 Å². The van der Waals surface area contributed by atoms with E-state index in [9.17, 15) is 19.2 Å². The number of aryl methyl sites for hydroxylation is 1. The molecule has 10 nitrogen and oxygen atoms in total. The van der Waals surface area contributed by atoms with Crippen molar-refractivity contribution in [3.8, 4) is 0 Å². The number of aromatic nitrogens is 1. The molecule has 1 aliphatic rings. The number of fused-ring (bicyclic) bond motifs is 1. The number of carbonyl (C=O) groups is 4. The number of hydrogen-bond acceptors (Lipinski definition) is 6. The molecule has 1 aromatic heterocycles. The van der Waals surface area contributed by atoms with Crippen LogP contribution in [-0.4, -0.2) is 63.6 Å². The van der Waals surface area contributed by atoms with E-state index in [1.165, 1.54) is 4.90 Å². The third-order valence-corrected chi connectivity index (χ3v) is 8.40. The molecule has 3 aromatic carbocycles. The van der Waals surface area contributed by atoms with Gasteiger partial charge in [0.05, 0.1) is 0 Å². The van der Waals surface area contributed by atoms with Crippen molar-refractivity contribution in [2.45, 2.75) is 76.8 Å². The van der Waals surface area contributed by atoms with Gasteiger partial charge in [-0.25, -0.2) is 9.59 Å². The van der Waals surface area contributed by atoms with Crippen LogP contribution in [0, 0.1) is 0 Å². The summed E-state index contributed by atoms with van der Waals surface area (Å²) in [6, 6.07) is 25.8. The summed E-state index contributed by atoms with van der Waals surface area (Å²) in [6.07, 6.45) is 0.705.